The second-order valence-corrected chi connectivity index (χ2v) is 3.85. The SMILES string of the molecule is O=C(C(F)F)N1CC[C@@H]2C[C@]2(O)C1. The third-order valence-corrected chi connectivity index (χ3v) is 2.91. The number of hydrogen-bond acceptors (Lipinski definition) is 2. The van der Waals surface area contributed by atoms with Crippen molar-refractivity contribution in [3.05, 3.63) is 0 Å². The van der Waals surface area contributed by atoms with Crippen molar-refractivity contribution in [3.8, 4) is 0 Å². The zero-order chi connectivity index (χ0) is 9.64. The summed E-state index contributed by atoms with van der Waals surface area (Å²) in [6, 6.07) is 0. The number of aliphatic hydroxyl groups is 1. The molecule has 0 radical (unpaired) electrons. The monoisotopic (exact) mass is 191 g/mol. The lowest BCUT2D eigenvalue weighted by molar-refractivity contribution is -0.146. The normalized spacial score (nSPS) is 37.5. The Morgan fingerprint density at radius 2 is 2.31 bits per heavy atom. The maximum absolute atomic E-state index is 12.0. The topological polar surface area (TPSA) is 40.5 Å². The molecule has 1 aliphatic heterocycles. The second kappa shape index (κ2) is 2.64. The molecule has 0 bridgehead atoms. The van der Waals surface area contributed by atoms with E-state index in [0.717, 1.165) is 4.90 Å². The summed E-state index contributed by atoms with van der Waals surface area (Å²) in [5, 5.41) is 9.61. The first-order chi connectivity index (χ1) is 6.03. The fourth-order valence-corrected chi connectivity index (χ4v) is 1.98. The molecule has 2 aliphatic rings. The van der Waals surface area contributed by atoms with Gasteiger partial charge in [-0.3, -0.25) is 4.79 Å². The van der Waals surface area contributed by atoms with Crippen LogP contribution >= 0.6 is 0 Å². The minimum atomic E-state index is -2.95. The Hall–Kier alpha value is -0.710. The maximum atomic E-state index is 12.0. The first-order valence-electron chi connectivity index (χ1n) is 4.32. The van der Waals surface area contributed by atoms with Gasteiger partial charge in [0.1, 0.15) is 0 Å². The Morgan fingerprint density at radius 3 is 2.85 bits per heavy atom. The molecule has 2 atom stereocenters. The van der Waals surface area contributed by atoms with Crippen molar-refractivity contribution in [1.82, 2.24) is 4.90 Å². The van der Waals surface area contributed by atoms with E-state index in [0.29, 0.717) is 19.4 Å². The van der Waals surface area contributed by atoms with Gasteiger partial charge in [0.15, 0.2) is 0 Å². The van der Waals surface area contributed by atoms with E-state index in [1.165, 1.54) is 0 Å². The third-order valence-electron chi connectivity index (χ3n) is 2.91. The Labute approximate surface area is 74.3 Å². The van der Waals surface area contributed by atoms with E-state index in [-0.39, 0.29) is 12.5 Å². The number of likely N-dealkylation sites (tertiary alicyclic amines) is 1. The second-order valence-electron chi connectivity index (χ2n) is 3.85. The van der Waals surface area contributed by atoms with Crippen LogP contribution in [0.4, 0.5) is 8.78 Å². The minimum Gasteiger partial charge on any atom is -0.388 e. The lowest BCUT2D eigenvalue weighted by atomic mass is 10.1. The number of alkyl halides is 2. The van der Waals surface area contributed by atoms with Crippen LogP contribution in [0.2, 0.25) is 0 Å². The van der Waals surface area contributed by atoms with Gasteiger partial charge in [-0.1, -0.05) is 0 Å². The molecule has 2 rings (SSSR count). The summed E-state index contributed by atoms with van der Waals surface area (Å²) in [7, 11) is 0. The number of amides is 1. The van der Waals surface area contributed by atoms with Gasteiger partial charge in [-0.15, -0.1) is 0 Å². The van der Waals surface area contributed by atoms with Crippen molar-refractivity contribution in [2.75, 3.05) is 13.1 Å². The van der Waals surface area contributed by atoms with Gasteiger partial charge in [-0.05, 0) is 18.8 Å². The van der Waals surface area contributed by atoms with E-state index in [1.807, 2.05) is 0 Å². The average molecular weight is 191 g/mol. The minimum absolute atomic E-state index is 0.0842. The van der Waals surface area contributed by atoms with Gasteiger partial charge in [0.05, 0.1) is 5.60 Å². The summed E-state index contributed by atoms with van der Waals surface area (Å²) in [6.45, 7) is 0.441. The average Bonchev–Trinajstić information content (AvgIpc) is 2.73. The molecule has 3 nitrogen and oxygen atoms in total. The standard InChI is InChI=1S/C8H11F2NO2/c9-6(10)7(12)11-2-1-5-3-8(5,13)4-11/h5-6,13H,1-4H2/t5-,8+/m1/s1. The molecule has 1 saturated heterocycles. The molecule has 1 amide bonds. The van der Waals surface area contributed by atoms with Gasteiger partial charge in [-0.25, -0.2) is 0 Å². The fourth-order valence-electron chi connectivity index (χ4n) is 1.98. The van der Waals surface area contributed by atoms with Crippen molar-refractivity contribution < 1.29 is 18.7 Å². The number of carbonyl (C=O) groups is 1. The number of nitrogens with zero attached hydrogens (tertiary/aromatic N) is 1. The van der Waals surface area contributed by atoms with E-state index in [9.17, 15) is 18.7 Å². The van der Waals surface area contributed by atoms with Crippen molar-refractivity contribution >= 4 is 5.91 Å². The number of rotatable bonds is 1. The molecule has 2 fully saturated rings. The van der Waals surface area contributed by atoms with Crippen LogP contribution in [-0.4, -0.2) is 41.0 Å². The number of fused-ring (bicyclic) bond motifs is 1. The number of carbonyl (C=O) groups excluding carboxylic acids is 1. The molecule has 0 aromatic rings. The Kier molecular flexibility index (Phi) is 1.80. The van der Waals surface area contributed by atoms with Crippen LogP contribution in [-0.2, 0) is 4.79 Å². The van der Waals surface area contributed by atoms with Gasteiger partial charge >= 0.3 is 6.43 Å². The summed E-state index contributed by atoms with van der Waals surface area (Å²) in [6.07, 6.45) is -1.64. The predicted molar refractivity (Wildman–Crippen MR) is 40.3 cm³/mol. The quantitative estimate of drug-likeness (QED) is 0.644. The predicted octanol–water partition coefficient (Wildman–Crippen LogP) is 0.235. The first kappa shape index (κ1) is 8.87. The van der Waals surface area contributed by atoms with Crippen molar-refractivity contribution in [3.63, 3.8) is 0 Å². The zero-order valence-electron chi connectivity index (χ0n) is 7.04. The number of halogens is 2. The molecule has 13 heavy (non-hydrogen) atoms. The molecule has 1 N–H and O–H groups in total. The molecular weight excluding hydrogens is 180 g/mol. The van der Waals surface area contributed by atoms with E-state index in [1.54, 1.807) is 0 Å². The highest BCUT2D eigenvalue weighted by atomic mass is 19.3. The van der Waals surface area contributed by atoms with E-state index < -0.39 is 17.9 Å². The van der Waals surface area contributed by atoms with E-state index in [2.05, 4.69) is 0 Å². The molecule has 1 saturated carbocycles. The van der Waals surface area contributed by atoms with E-state index in [4.69, 9.17) is 0 Å². The third kappa shape index (κ3) is 1.41. The van der Waals surface area contributed by atoms with Gasteiger partial charge in [0.2, 0.25) is 0 Å². The number of hydrogen-bond donors (Lipinski definition) is 1. The molecule has 1 heterocycles. The molecular formula is C8H11F2NO2. The summed E-state index contributed by atoms with van der Waals surface area (Å²) >= 11 is 0. The molecule has 0 aromatic carbocycles. The van der Waals surface area contributed by atoms with Crippen LogP contribution in [0.25, 0.3) is 0 Å². The molecule has 5 heteroatoms. The van der Waals surface area contributed by atoms with Crippen molar-refractivity contribution in [2.45, 2.75) is 24.9 Å². The van der Waals surface area contributed by atoms with Gasteiger partial charge in [-0.2, -0.15) is 8.78 Å². The Bertz CT molecular complexity index is 246. The van der Waals surface area contributed by atoms with Crippen LogP contribution in [0, 0.1) is 5.92 Å². The Morgan fingerprint density at radius 1 is 1.62 bits per heavy atom. The van der Waals surface area contributed by atoms with Crippen LogP contribution in [0.15, 0.2) is 0 Å². The highest BCUT2D eigenvalue weighted by Crippen LogP contribution is 2.49. The largest absolute Gasteiger partial charge is 0.388 e. The van der Waals surface area contributed by atoms with Crippen molar-refractivity contribution in [2.24, 2.45) is 5.92 Å². The van der Waals surface area contributed by atoms with Crippen LogP contribution in [0.5, 0.6) is 0 Å². The number of β-amino-alcohol motifs (C(OH)–C–C–N with tert-alkyl or cyclic N) is 1. The van der Waals surface area contributed by atoms with Gasteiger partial charge in [0, 0.05) is 13.1 Å². The summed E-state index contributed by atoms with van der Waals surface area (Å²) in [4.78, 5) is 11.9. The number of piperidine rings is 1. The van der Waals surface area contributed by atoms with Gasteiger partial charge < -0.3 is 10.0 Å². The van der Waals surface area contributed by atoms with Crippen LogP contribution < -0.4 is 0 Å². The first-order valence-corrected chi connectivity index (χ1v) is 4.32. The van der Waals surface area contributed by atoms with Gasteiger partial charge in [0.25, 0.3) is 5.91 Å². The summed E-state index contributed by atoms with van der Waals surface area (Å²) < 4.78 is 24.0. The maximum Gasteiger partial charge on any atom is 0.315 e. The molecule has 74 valence electrons. The molecule has 1 aliphatic carbocycles. The fraction of sp³-hybridized carbons (Fsp3) is 0.875. The summed E-state index contributed by atoms with van der Waals surface area (Å²) in [5.41, 5.74) is -0.844. The summed E-state index contributed by atoms with van der Waals surface area (Å²) in [5.74, 6) is -0.923. The zero-order valence-corrected chi connectivity index (χ0v) is 7.04. The lowest BCUT2D eigenvalue weighted by Gasteiger charge is -2.29. The van der Waals surface area contributed by atoms with Crippen molar-refractivity contribution in [1.29, 1.82) is 0 Å². The highest BCUT2D eigenvalue weighted by Gasteiger charge is 2.56. The molecule has 0 unspecified atom stereocenters. The van der Waals surface area contributed by atoms with Crippen LogP contribution in [0.1, 0.15) is 12.8 Å². The smallest absolute Gasteiger partial charge is 0.315 e. The highest BCUT2D eigenvalue weighted by molar-refractivity contribution is 5.79. The molecule has 0 spiro atoms. The van der Waals surface area contributed by atoms with Crippen LogP contribution in [0.3, 0.4) is 0 Å². The lowest BCUT2D eigenvalue weighted by Crippen LogP contribution is -2.46. The Balaban J connectivity index is 1.98. The molecule has 0 aromatic heterocycles. The van der Waals surface area contributed by atoms with E-state index >= 15 is 0 Å².